The van der Waals surface area contributed by atoms with Crippen LogP contribution in [0.25, 0.3) is 10.8 Å². The summed E-state index contributed by atoms with van der Waals surface area (Å²) in [6, 6.07) is 13.4. The summed E-state index contributed by atoms with van der Waals surface area (Å²) >= 11 is 0. The van der Waals surface area contributed by atoms with Crippen LogP contribution in [-0.4, -0.2) is 59.3 Å². The summed E-state index contributed by atoms with van der Waals surface area (Å²) in [6.07, 6.45) is 1.23. The smallest absolute Gasteiger partial charge is 0.358 e. The zero-order chi connectivity index (χ0) is 41.7. The highest BCUT2D eigenvalue weighted by molar-refractivity contribution is 7.91. The van der Waals surface area contributed by atoms with Gasteiger partial charge >= 0.3 is 17.9 Å². The third-order valence-electron chi connectivity index (χ3n) is 8.62. The number of pyridine rings is 1. The van der Waals surface area contributed by atoms with Crippen LogP contribution in [0.15, 0.2) is 59.5 Å². The van der Waals surface area contributed by atoms with E-state index in [1.807, 2.05) is 13.0 Å². The molecule has 7 N–H and O–H groups in total. The van der Waals surface area contributed by atoms with Gasteiger partial charge in [-0.3, -0.25) is 4.79 Å². The fourth-order valence-corrected chi connectivity index (χ4v) is 7.14. The molecular weight excluding hydrogens is 739 g/mol. The molecule has 15 heteroatoms. The first-order valence-corrected chi connectivity index (χ1v) is 19.8. The molecule has 14 nitrogen and oxygen atoms in total. The molecule has 0 radical (unpaired) electrons. The van der Waals surface area contributed by atoms with Gasteiger partial charge in [0.1, 0.15) is 22.6 Å². The Morgan fingerprint density at radius 1 is 0.857 bits per heavy atom. The first-order valence-electron chi connectivity index (χ1n) is 18.2. The summed E-state index contributed by atoms with van der Waals surface area (Å²) in [7, 11) is -3.46. The fraction of sp³-hybridized carbons (Fsp3) is 0.390. The Labute approximate surface area is 327 Å². The van der Waals surface area contributed by atoms with Crippen LogP contribution in [0.5, 0.6) is 0 Å². The first kappa shape index (κ1) is 43.2. The molecule has 1 unspecified atom stereocenters. The van der Waals surface area contributed by atoms with Gasteiger partial charge in [0, 0.05) is 35.1 Å². The molecule has 0 aliphatic carbocycles. The molecule has 1 amide bonds. The van der Waals surface area contributed by atoms with Crippen molar-refractivity contribution in [2.24, 2.45) is 5.73 Å². The van der Waals surface area contributed by atoms with Crippen molar-refractivity contribution in [3.8, 4) is 0 Å². The highest BCUT2D eigenvalue weighted by atomic mass is 32.2. The number of benzene rings is 3. The van der Waals surface area contributed by atoms with Gasteiger partial charge in [-0.1, -0.05) is 25.1 Å². The number of esters is 2. The molecule has 56 heavy (non-hydrogen) atoms. The van der Waals surface area contributed by atoms with Crippen molar-refractivity contribution < 1.29 is 42.2 Å². The van der Waals surface area contributed by atoms with Crippen LogP contribution in [-0.2, 0) is 41.9 Å². The van der Waals surface area contributed by atoms with Crippen molar-refractivity contribution in [1.82, 2.24) is 4.98 Å². The number of anilines is 3. The lowest BCUT2D eigenvalue weighted by atomic mass is 9.96. The summed E-state index contributed by atoms with van der Waals surface area (Å²) in [5.41, 5.74) is 13.1. The predicted octanol–water partition coefficient (Wildman–Crippen LogP) is 6.49. The van der Waals surface area contributed by atoms with E-state index in [1.54, 1.807) is 84.9 Å². The molecule has 1 heterocycles. The van der Waals surface area contributed by atoms with E-state index < -0.39 is 45.0 Å². The van der Waals surface area contributed by atoms with E-state index >= 15 is 0 Å². The average molecular weight is 790 g/mol. The number of carbonyl (C=O) groups excluding carboxylic acids is 3. The number of hydrogen-bond acceptors (Lipinski definition) is 12. The number of hydrogen-bond donors (Lipinski definition) is 5. The Bertz CT molecular complexity index is 2280. The van der Waals surface area contributed by atoms with Gasteiger partial charge in [-0.25, -0.2) is 27.8 Å². The van der Waals surface area contributed by atoms with E-state index in [0.29, 0.717) is 40.7 Å². The standard InChI is InChI=1S/C41H51N5O9S/c1-9-56(52,53)31-18-16-27(20-26(31)22-42)44-32(47)12-10-11-24-13-14-25(19-23(24)2)34(37(48)49)45-28-15-17-29-30(21-28)33(38(50)54-40(3,4)5)35(46-36(29)43)39(51)55-41(6,7)8/h13-21,34,45H,9-12,22,42H2,1-8H3,(H2,43,46)(H,44,47)(H,48,49). The minimum atomic E-state index is -3.46. The molecule has 3 aromatic carbocycles. The molecule has 0 bridgehead atoms. The van der Waals surface area contributed by atoms with Crippen molar-refractivity contribution in [1.29, 1.82) is 0 Å². The second-order valence-electron chi connectivity index (χ2n) is 15.4. The number of carboxylic acid groups (broad SMARTS) is 1. The number of fused-ring (bicyclic) bond motifs is 1. The SMILES string of the molecule is CCS(=O)(=O)c1ccc(NC(=O)CCCc2ccc(C(Nc3ccc4c(N)nc(C(=O)OC(C)(C)C)c(C(=O)OC(C)(C)C)c4c3)C(=O)O)cc2C)cc1CN. The van der Waals surface area contributed by atoms with Crippen LogP contribution >= 0.6 is 0 Å². The maximum atomic E-state index is 13.6. The lowest BCUT2D eigenvalue weighted by molar-refractivity contribution is -0.138. The van der Waals surface area contributed by atoms with E-state index in [1.165, 1.54) is 12.1 Å². The predicted molar refractivity (Wildman–Crippen MR) is 215 cm³/mol. The van der Waals surface area contributed by atoms with Gasteiger partial charge in [0.15, 0.2) is 21.6 Å². The number of ether oxygens (including phenoxy) is 2. The normalized spacial score (nSPS) is 12.5. The Morgan fingerprint density at radius 3 is 2.09 bits per heavy atom. The second kappa shape index (κ2) is 17.1. The zero-order valence-corrected chi connectivity index (χ0v) is 33.8. The lowest BCUT2D eigenvalue weighted by Crippen LogP contribution is -2.29. The number of carbonyl (C=O) groups is 4. The van der Waals surface area contributed by atoms with E-state index in [4.69, 9.17) is 20.9 Å². The Kier molecular flexibility index (Phi) is 13.2. The maximum Gasteiger partial charge on any atom is 0.358 e. The minimum absolute atomic E-state index is 0.00657. The van der Waals surface area contributed by atoms with Crippen LogP contribution in [0.4, 0.5) is 17.2 Å². The molecule has 1 aromatic heterocycles. The van der Waals surface area contributed by atoms with E-state index in [0.717, 1.165) is 11.1 Å². The summed E-state index contributed by atoms with van der Waals surface area (Å²) in [6.45, 7) is 13.5. The maximum absolute atomic E-state index is 13.6. The number of nitrogens with two attached hydrogens (primary N) is 2. The minimum Gasteiger partial charge on any atom is -0.479 e. The van der Waals surface area contributed by atoms with Crippen molar-refractivity contribution >= 4 is 61.6 Å². The molecule has 4 aromatic rings. The quantitative estimate of drug-likeness (QED) is 0.0862. The largest absolute Gasteiger partial charge is 0.479 e. The summed E-state index contributed by atoms with van der Waals surface area (Å²) in [5.74, 6) is -3.20. The highest BCUT2D eigenvalue weighted by Crippen LogP contribution is 2.33. The number of sulfone groups is 1. The molecule has 0 saturated heterocycles. The molecule has 0 spiro atoms. The number of nitrogen functional groups attached to an aromatic ring is 1. The molecule has 0 aliphatic heterocycles. The van der Waals surface area contributed by atoms with Crippen LogP contribution < -0.4 is 22.1 Å². The van der Waals surface area contributed by atoms with Crippen LogP contribution in [0.3, 0.4) is 0 Å². The highest BCUT2D eigenvalue weighted by Gasteiger charge is 2.31. The number of nitrogens with zero attached hydrogens (tertiary/aromatic N) is 1. The molecular formula is C41H51N5O9S. The van der Waals surface area contributed by atoms with Crippen LogP contribution in [0.2, 0.25) is 0 Å². The van der Waals surface area contributed by atoms with Crippen LogP contribution in [0, 0.1) is 6.92 Å². The third kappa shape index (κ3) is 10.8. The molecule has 1 atom stereocenters. The lowest BCUT2D eigenvalue weighted by Gasteiger charge is -2.23. The zero-order valence-electron chi connectivity index (χ0n) is 33.0. The van der Waals surface area contributed by atoms with Crippen molar-refractivity contribution in [3.63, 3.8) is 0 Å². The number of amides is 1. The summed E-state index contributed by atoms with van der Waals surface area (Å²) in [4.78, 5) is 56.7. The van der Waals surface area contributed by atoms with Gasteiger partial charge in [0.25, 0.3) is 0 Å². The number of nitrogens with one attached hydrogen (secondary N) is 2. The van der Waals surface area contributed by atoms with Crippen molar-refractivity contribution in [3.05, 3.63) is 88.1 Å². The average Bonchev–Trinajstić information content (AvgIpc) is 3.09. The van der Waals surface area contributed by atoms with Gasteiger partial charge in [0.05, 0.1) is 10.6 Å². The van der Waals surface area contributed by atoms with Gasteiger partial charge in [-0.2, -0.15) is 0 Å². The fourth-order valence-electron chi connectivity index (χ4n) is 6.01. The number of carboxylic acids is 1. The second-order valence-corrected chi connectivity index (χ2v) is 17.7. The number of rotatable bonds is 14. The molecule has 0 aliphatic rings. The van der Waals surface area contributed by atoms with Crippen molar-refractivity contribution in [2.45, 2.75) is 103 Å². The Morgan fingerprint density at radius 2 is 1.50 bits per heavy atom. The van der Waals surface area contributed by atoms with E-state index in [2.05, 4.69) is 15.6 Å². The molecule has 300 valence electrons. The number of aliphatic carboxylic acids is 1. The van der Waals surface area contributed by atoms with Gasteiger partial charge < -0.3 is 36.7 Å². The summed E-state index contributed by atoms with van der Waals surface area (Å²) < 4.78 is 35.9. The van der Waals surface area contributed by atoms with Gasteiger partial charge in [-0.15, -0.1) is 0 Å². The van der Waals surface area contributed by atoms with Crippen molar-refractivity contribution in [2.75, 3.05) is 22.1 Å². The third-order valence-corrected chi connectivity index (χ3v) is 10.4. The summed E-state index contributed by atoms with van der Waals surface area (Å²) in [5, 5.41) is 16.7. The van der Waals surface area contributed by atoms with E-state index in [9.17, 15) is 32.7 Å². The molecule has 0 fully saturated rings. The van der Waals surface area contributed by atoms with Crippen LogP contribution in [0.1, 0.15) is 110 Å². The van der Waals surface area contributed by atoms with E-state index in [-0.39, 0.29) is 52.0 Å². The number of aromatic nitrogens is 1. The topological polar surface area (TPSA) is 230 Å². The molecule has 0 saturated carbocycles. The Hall–Kier alpha value is -5.54. The monoisotopic (exact) mass is 789 g/mol. The van der Waals surface area contributed by atoms with Gasteiger partial charge in [-0.05, 0) is 120 Å². The number of aryl methyl sites for hydroxylation is 2. The Balaban J connectivity index is 1.55. The van der Waals surface area contributed by atoms with Gasteiger partial charge in [0.2, 0.25) is 5.91 Å². The first-order chi connectivity index (χ1) is 26.0. The molecule has 4 rings (SSSR count).